The van der Waals surface area contributed by atoms with Crippen molar-refractivity contribution in [1.29, 1.82) is 0 Å². The van der Waals surface area contributed by atoms with Crippen LogP contribution in [0.3, 0.4) is 0 Å². The first-order chi connectivity index (χ1) is 33.2. The molecule has 0 heterocycles. The number of primary amides is 2. The lowest BCUT2D eigenvalue weighted by Gasteiger charge is -2.55. The maximum absolute atomic E-state index is 14.6. The fraction of sp³-hybridized carbons (Fsp3) is 0.651. The van der Waals surface area contributed by atoms with Crippen molar-refractivity contribution in [3.8, 4) is 0 Å². The van der Waals surface area contributed by atoms with Crippen molar-refractivity contribution in [2.45, 2.75) is 158 Å². The third-order valence-electron chi connectivity index (χ3n) is 11.8. The van der Waals surface area contributed by atoms with Crippen LogP contribution in [0.2, 0.25) is 0 Å². The SMILES string of the molecule is CC(C)C[C@](C(=O)O)(C(CCCC(=O)C(=O)O)C(CCCC(=O)C(=O)O)(OC(=O)[C@@H](N)CCC(N)=O)C(=O)O)N(C)C(CCCC(=O)C(=O)O)C(CCCC(=O)C(=O)O)(OC(=O)[C@@H](N)CCC(N)=O)C(=O)O. The highest BCUT2D eigenvalue weighted by atomic mass is 16.6. The van der Waals surface area contributed by atoms with Crippen molar-refractivity contribution in [3.63, 3.8) is 0 Å². The summed E-state index contributed by atoms with van der Waals surface area (Å²) in [5.41, 5.74) is 12.4. The number of esters is 2. The van der Waals surface area contributed by atoms with Crippen molar-refractivity contribution in [3.05, 3.63) is 0 Å². The van der Waals surface area contributed by atoms with Crippen molar-refractivity contribution < 1.29 is 117 Å². The molecule has 0 fully saturated rings. The Labute approximate surface area is 409 Å². The second-order valence-corrected chi connectivity index (χ2v) is 17.4. The third-order valence-corrected chi connectivity index (χ3v) is 11.8. The number of likely N-dealkylation sites (N-methyl/N-ethyl adjacent to an activating group) is 1. The monoisotopic (exact) mass is 1030 g/mol. The molecule has 0 radical (unpaired) electrons. The Morgan fingerprint density at radius 2 is 0.806 bits per heavy atom. The Bertz CT molecular complexity index is 2110. The van der Waals surface area contributed by atoms with E-state index in [0.717, 1.165) is 7.05 Å². The molecule has 0 aromatic carbocycles. The molecule has 0 saturated carbocycles. The number of aliphatic carboxylic acids is 7. The second kappa shape index (κ2) is 29.2. The van der Waals surface area contributed by atoms with Gasteiger partial charge in [0.05, 0.1) is 6.04 Å². The van der Waals surface area contributed by atoms with E-state index in [2.05, 4.69) is 0 Å². The number of Topliss-reactive ketones (excluding diaryl/α,β-unsaturated/α-hetero) is 4. The highest BCUT2D eigenvalue weighted by Crippen LogP contribution is 2.49. The van der Waals surface area contributed by atoms with Gasteiger partial charge >= 0.3 is 53.7 Å². The number of rotatable bonds is 40. The van der Waals surface area contributed by atoms with Crippen LogP contribution in [0.1, 0.15) is 123 Å². The number of carbonyl (C=O) groups is 15. The maximum Gasteiger partial charge on any atom is 0.372 e. The van der Waals surface area contributed by atoms with E-state index in [0.29, 0.717) is 4.90 Å². The van der Waals surface area contributed by atoms with E-state index in [-0.39, 0.29) is 0 Å². The summed E-state index contributed by atoms with van der Waals surface area (Å²) in [6, 6.07) is -6.20. The van der Waals surface area contributed by atoms with Gasteiger partial charge in [-0.1, -0.05) is 13.8 Å². The number of carbonyl (C=O) groups excluding carboxylic acids is 8. The van der Waals surface area contributed by atoms with E-state index in [1.807, 2.05) is 0 Å². The van der Waals surface area contributed by atoms with Gasteiger partial charge in [-0.05, 0) is 77.2 Å². The minimum absolute atomic E-state index is 0.604. The molecule has 404 valence electrons. The number of ketones is 4. The summed E-state index contributed by atoms with van der Waals surface area (Å²) in [6.45, 7) is 2.69. The minimum Gasteiger partial charge on any atom is -0.480 e. The molecule has 0 bridgehead atoms. The van der Waals surface area contributed by atoms with Gasteiger partial charge in [-0.15, -0.1) is 0 Å². The third kappa shape index (κ3) is 18.5. The van der Waals surface area contributed by atoms with Crippen molar-refractivity contribution in [2.75, 3.05) is 7.05 Å². The smallest absolute Gasteiger partial charge is 0.372 e. The predicted octanol–water partition coefficient (Wildman–Crippen LogP) is -2.01. The van der Waals surface area contributed by atoms with Crippen molar-refractivity contribution in [1.82, 2.24) is 4.90 Å². The van der Waals surface area contributed by atoms with Crippen LogP contribution in [-0.2, 0) is 81.4 Å². The van der Waals surface area contributed by atoms with Gasteiger partial charge in [-0.2, -0.15) is 0 Å². The van der Waals surface area contributed by atoms with Crippen LogP contribution in [0, 0.1) is 11.8 Å². The first-order valence-corrected chi connectivity index (χ1v) is 22.2. The van der Waals surface area contributed by atoms with Gasteiger partial charge in [0.2, 0.25) is 46.1 Å². The largest absolute Gasteiger partial charge is 0.480 e. The second-order valence-electron chi connectivity index (χ2n) is 17.4. The molecule has 72 heavy (non-hydrogen) atoms. The lowest BCUT2D eigenvalue weighted by molar-refractivity contribution is -0.215. The van der Waals surface area contributed by atoms with Gasteiger partial charge in [-0.3, -0.25) is 48.1 Å². The van der Waals surface area contributed by atoms with Gasteiger partial charge in [0, 0.05) is 50.9 Å². The van der Waals surface area contributed by atoms with Gasteiger partial charge in [0.15, 0.2) is 0 Å². The molecule has 15 N–H and O–H groups in total. The summed E-state index contributed by atoms with van der Waals surface area (Å²) >= 11 is 0. The fourth-order valence-corrected chi connectivity index (χ4v) is 8.31. The topological polar surface area (TPSA) is 523 Å². The van der Waals surface area contributed by atoms with Crippen molar-refractivity contribution in [2.24, 2.45) is 34.8 Å². The number of nitrogens with two attached hydrogens (primary N) is 4. The maximum atomic E-state index is 14.6. The van der Waals surface area contributed by atoms with E-state index in [9.17, 15) is 108 Å². The number of hydrogen-bond acceptors (Lipinski definition) is 20. The highest BCUT2D eigenvalue weighted by molar-refractivity contribution is 6.33. The molecular formula is C43H63N5O24. The number of nitrogens with zero attached hydrogens (tertiary/aromatic N) is 1. The van der Waals surface area contributed by atoms with Crippen LogP contribution in [0.4, 0.5) is 0 Å². The van der Waals surface area contributed by atoms with Crippen molar-refractivity contribution >= 4 is 88.7 Å². The molecule has 29 heteroatoms. The Kier molecular flexibility index (Phi) is 26.2. The van der Waals surface area contributed by atoms with Crippen LogP contribution in [0.15, 0.2) is 0 Å². The lowest BCUT2D eigenvalue weighted by atomic mass is 9.63. The highest BCUT2D eigenvalue weighted by Gasteiger charge is 2.66. The van der Waals surface area contributed by atoms with Gasteiger partial charge in [-0.25, -0.2) is 28.8 Å². The number of carboxylic acids is 7. The Morgan fingerprint density at radius 1 is 0.472 bits per heavy atom. The number of ether oxygens (including phenoxy) is 2. The van der Waals surface area contributed by atoms with E-state index in [1.165, 1.54) is 13.8 Å². The number of carboxylic acid groups (broad SMARTS) is 7. The van der Waals surface area contributed by atoms with E-state index in [4.69, 9.17) is 32.4 Å². The molecule has 0 aromatic heterocycles. The fourth-order valence-electron chi connectivity index (χ4n) is 8.31. The molecule has 2 amide bonds. The zero-order valence-electron chi connectivity index (χ0n) is 39.7. The van der Waals surface area contributed by atoms with Crippen LogP contribution in [-0.4, -0.2) is 171 Å². The summed E-state index contributed by atoms with van der Waals surface area (Å²) in [5.74, 6) is -29.6. The molecule has 0 aromatic rings. The molecule has 4 unspecified atom stereocenters. The van der Waals surface area contributed by atoms with E-state index >= 15 is 0 Å². The molecule has 0 saturated heterocycles. The molecule has 0 aliphatic carbocycles. The zero-order chi connectivity index (χ0) is 56.1. The first kappa shape index (κ1) is 64.7. The van der Waals surface area contributed by atoms with Gasteiger partial charge in [0.25, 0.3) is 0 Å². The molecule has 29 nitrogen and oxygen atoms in total. The Balaban J connectivity index is 9.37. The summed E-state index contributed by atoms with van der Waals surface area (Å²) in [6.07, 6.45) is -14.9. The molecule has 0 rings (SSSR count). The number of amides is 2. The zero-order valence-corrected chi connectivity index (χ0v) is 39.7. The summed E-state index contributed by atoms with van der Waals surface area (Å²) in [4.78, 5) is 191. The standard InChI is InChI=1S/C43H63N5O24/c1-21(2)20-41(38(65)66,28(12-4-8-24(49)32(55)56)42(39(67)68,18-6-10-26(51)34(59)60)71-36(63)22(44)14-16-30(46)53)48(3)29(13-5-9-25(50)33(57)58)43(40(69)70,19-7-11-27(52)35(61)62)72-37(64)23(45)15-17-31(47)54/h21-23,28-29H,4-20,44-45H2,1-3H3,(H2,46,53)(H2,47,54)(H,55,56)(H,57,58)(H,59,60)(H,61,62)(H,65,66)(H,67,68)(H,69,70)/t22-,23-,28?,29?,41+,42?,43?/m0/s1. The van der Waals surface area contributed by atoms with E-state index < -0.39 is 245 Å². The average Bonchev–Trinajstić information content (AvgIpc) is 3.27. The molecular weight excluding hydrogens is 970 g/mol. The van der Waals surface area contributed by atoms with Gasteiger partial charge < -0.3 is 68.2 Å². The summed E-state index contributed by atoms with van der Waals surface area (Å²) in [7, 11) is 0.817. The van der Waals surface area contributed by atoms with Crippen LogP contribution in [0.25, 0.3) is 0 Å². The minimum atomic E-state index is -3.43. The summed E-state index contributed by atoms with van der Waals surface area (Å²) < 4.78 is 11.3. The Morgan fingerprint density at radius 3 is 1.12 bits per heavy atom. The van der Waals surface area contributed by atoms with Crippen LogP contribution in [0.5, 0.6) is 0 Å². The molecule has 0 spiro atoms. The van der Waals surface area contributed by atoms with Crippen LogP contribution >= 0.6 is 0 Å². The quantitative estimate of drug-likeness (QED) is 0.0233. The molecule has 0 aliphatic rings. The predicted molar refractivity (Wildman–Crippen MR) is 237 cm³/mol. The summed E-state index contributed by atoms with van der Waals surface area (Å²) in [5, 5.41) is 71.9. The lowest BCUT2D eigenvalue weighted by Crippen LogP contribution is -2.73. The molecule has 0 aliphatic heterocycles. The Hall–Kier alpha value is -7.27. The first-order valence-electron chi connectivity index (χ1n) is 22.2. The van der Waals surface area contributed by atoms with Crippen LogP contribution < -0.4 is 22.9 Å². The van der Waals surface area contributed by atoms with E-state index in [1.54, 1.807) is 0 Å². The number of hydrogen-bond donors (Lipinski definition) is 11. The van der Waals surface area contributed by atoms with Gasteiger partial charge in [0.1, 0.15) is 17.6 Å². The average molecular weight is 1030 g/mol. The molecule has 7 atom stereocenters. The normalized spacial score (nSPS) is 15.4.